The van der Waals surface area contributed by atoms with Crippen LogP contribution < -0.4 is 0 Å². The fourth-order valence-electron chi connectivity index (χ4n) is 0.388. The van der Waals surface area contributed by atoms with Crippen LogP contribution in [0.2, 0.25) is 0 Å². The number of carbonyl (C=O) groups is 1. The van der Waals surface area contributed by atoms with Crippen LogP contribution in [0, 0.1) is 0 Å². The average Bonchev–Trinajstić information content (AvgIpc) is 1.85. The summed E-state index contributed by atoms with van der Waals surface area (Å²) in [5.74, 6) is 0. The Hall–Kier alpha value is -0.410. The van der Waals surface area contributed by atoms with Gasteiger partial charge in [0.1, 0.15) is 13.1 Å². The summed E-state index contributed by atoms with van der Waals surface area (Å²) in [4.78, 5) is 9.86. The minimum absolute atomic E-state index is 0.0255. The topological polar surface area (TPSA) is 35.5 Å². The lowest BCUT2D eigenvalue weighted by molar-refractivity contribution is -0.113. The third-order valence-electron chi connectivity index (χ3n) is 0.899. The molecule has 0 rings (SSSR count). The highest BCUT2D eigenvalue weighted by atomic mass is 16.7. The first kappa shape index (κ1) is 8.59. The number of hydrogen-bond acceptors (Lipinski definition) is 3. The van der Waals surface area contributed by atoms with Gasteiger partial charge in [-0.1, -0.05) is 0 Å². The Morgan fingerprint density at radius 3 is 2.78 bits per heavy atom. The summed E-state index contributed by atoms with van der Waals surface area (Å²) in [7, 11) is 1.55. The molecule has 0 saturated carbocycles. The van der Waals surface area contributed by atoms with E-state index >= 15 is 0 Å². The second kappa shape index (κ2) is 5.72. The highest BCUT2D eigenvalue weighted by molar-refractivity contribution is 5.49. The lowest BCUT2D eigenvalue weighted by Gasteiger charge is -2.06. The molecule has 0 heterocycles. The largest absolute Gasteiger partial charge is 0.359 e. The predicted molar refractivity (Wildman–Crippen MR) is 33.1 cm³/mol. The highest BCUT2D eigenvalue weighted by Gasteiger charge is 1.97. The Morgan fingerprint density at radius 1 is 1.67 bits per heavy atom. The molecule has 0 aliphatic heterocycles. The number of hydrogen-bond donors (Lipinski definition) is 0. The van der Waals surface area contributed by atoms with Crippen LogP contribution in [0.3, 0.4) is 0 Å². The van der Waals surface area contributed by atoms with E-state index in [-0.39, 0.29) is 12.9 Å². The Kier molecular flexibility index (Phi) is 5.46. The summed E-state index contributed by atoms with van der Waals surface area (Å²) in [6.45, 7) is 2.09. The highest BCUT2D eigenvalue weighted by Crippen LogP contribution is 1.92. The van der Waals surface area contributed by atoms with Crippen LogP contribution >= 0.6 is 0 Å². The van der Waals surface area contributed by atoms with E-state index in [0.29, 0.717) is 6.42 Å². The van der Waals surface area contributed by atoms with Crippen molar-refractivity contribution in [1.82, 2.24) is 0 Å². The fraction of sp³-hybridized carbons (Fsp3) is 0.833. The van der Waals surface area contributed by atoms with Gasteiger partial charge in [-0.3, -0.25) is 0 Å². The van der Waals surface area contributed by atoms with Gasteiger partial charge in [-0.15, -0.1) is 0 Å². The molecule has 0 aromatic carbocycles. The van der Waals surface area contributed by atoms with E-state index < -0.39 is 0 Å². The van der Waals surface area contributed by atoms with E-state index in [0.717, 1.165) is 6.29 Å². The van der Waals surface area contributed by atoms with Crippen LogP contribution in [0.1, 0.15) is 13.3 Å². The SMILES string of the molecule is COCOC(C)CC=O. The molecular weight excluding hydrogens is 120 g/mol. The van der Waals surface area contributed by atoms with Crippen LogP contribution in [0.15, 0.2) is 0 Å². The Morgan fingerprint density at radius 2 is 2.33 bits per heavy atom. The molecule has 54 valence electrons. The summed E-state index contributed by atoms with van der Waals surface area (Å²) in [5, 5.41) is 0. The molecule has 0 amide bonds. The molecule has 0 aromatic rings. The van der Waals surface area contributed by atoms with E-state index in [4.69, 9.17) is 4.74 Å². The minimum atomic E-state index is -0.0255. The molecule has 0 aliphatic rings. The summed E-state index contributed by atoms with van der Waals surface area (Å²) in [6, 6.07) is 0. The molecule has 0 saturated heterocycles. The predicted octanol–water partition coefficient (Wildman–Crippen LogP) is 0.584. The lowest BCUT2D eigenvalue weighted by Crippen LogP contribution is -2.10. The van der Waals surface area contributed by atoms with Crippen molar-refractivity contribution < 1.29 is 14.3 Å². The van der Waals surface area contributed by atoms with Crippen molar-refractivity contribution >= 4 is 6.29 Å². The third kappa shape index (κ3) is 5.46. The van der Waals surface area contributed by atoms with Crippen LogP contribution in [0.5, 0.6) is 0 Å². The number of ether oxygens (including phenoxy) is 2. The van der Waals surface area contributed by atoms with Crippen molar-refractivity contribution in [2.75, 3.05) is 13.9 Å². The molecule has 1 atom stereocenters. The average molecular weight is 132 g/mol. The second-order valence-corrected chi connectivity index (χ2v) is 1.79. The van der Waals surface area contributed by atoms with Gasteiger partial charge in [-0.05, 0) is 6.92 Å². The molecule has 1 unspecified atom stereocenters. The molecule has 0 aromatic heterocycles. The third-order valence-corrected chi connectivity index (χ3v) is 0.899. The zero-order chi connectivity index (χ0) is 7.11. The fourth-order valence-corrected chi connectivity index (χ4v) is 0.388. The van der Waals surface area contributed by atoms with Gasteiger partial charge in [0.25, 0.3) is 0 Å². The van der Waals surface area contributed by atoms with E-state index in [1.54, 1.807) is 7.11 Å². The van der Waals surface area contributed by atoms with E-state index in [1.165, 1.54) is 0 Å². The second-order valence-electron chi connectivity index (χ2n) is 1.79. The molecule has 3 heteroatoms. The van der Waals surface area contributed by atoms with Gasteiger partial charge in [-0.2, -0.15) is 0 Å². The quantitative estimate of drug-likeness (QED) is 0.405. The van der Waals surface area contributed by atoms with Gasteiger partial charge in [-0.25, -0.2) is 0 Å². The van der Waals surface area contributed by atoms with Crippen LogP contribution in [0.25, 0.3) is 0 Å². The van der Waals surface area contributed by atoms with Gasteiger partial charge in [0, 0.05) is 13.5 Å². The number of methoxy groups -OCH3 is 1. The molecule has 0 aliphatic carbocycles. The standard InChI is InChI=1S/C6H12O3/c1-6(3-4-7)9-5-8-2/h4,6H,3,5H2,1-2H3. The summed E-state index contributed by atoms with van der Waals surface area (Å²) < 4.78 is 9.60. The van der Waals surface area contributed by atoms with Crippen LogP contribution in [-0.4, -0.2) is 26.3 Å². The summed E-state index contributed by atoms with van der Waals surface area (Å²) in [6.07, 6.45) is 1.24. The number of rotatable bonds is 5. The van der Waals surface area contributed by atoms with E-state index in [1.807, 2.05) is 6.92 Å². The normalized spacial score (nSPS) is 13.1. The molecule has 0 bridgehead atoms. The Bertz CT molecular complexity index is 72.7. The van der Waals surface area contributed by atoms with Crippen molar-refractivity contribution in [1.29, 1.82) is 0 Å². The number of aldehydes is 1. The Labute approximate surface area is 55.0 Å². The maximum Gasteiger partial charge on any atom is 0.146 e. The molecule has 0 fully saturated rings. The van der Waals surface area contributed by atoms with Gasteiger partial charge >= 0.3 is 0 Å². The Balaban J connectivity index is 3.04. The molecule has 9 heavy (non-hydrogen) atoms. The van der Waals surface area contributed by atoms with Crippen LogP contribution in [-0.2, 0) is 14.3 Å². The monoisotopic (exact) mass is 132 g/mol. The first-order valence-electron chi connectivity index (χ1n) is 2.85. The van der Waals surface area contributed by atoms with Gasteiger partial charge < -0.3 is 14.3 Å². The maximum absolute atomic E-state index is 9.86. The first-order valence-corrected chi connectivity index (χ1v) is 2.85. The smallest absolute Gasteiger partial charge is 0.146 e. The molecule has 0 spiro atoms. The number of carbonyl (C=O) groups excluding carboxylic acids is 1. The summed E-state index contributed by atoms with van der Waals surface area (Å²) >= 11 is 0. The molecular formula is C6H12O3. The zero-order valence-corrected chi connectivity index (χ0v) is 5.79. The van der Waals surface area contributed by atoms with Gasteiger partial charge in [0.2, 0.25) is 0 Å². The zero-order valence-electron chi connectivity index (χ0n) is 5.79. The first-order chi connectivity index (χ1) is 4.31. The van der Waals surface area contributed by atoms with E-state index in [2.05, 4.69) is 4.74 Å². The van der Waals surface area contributed by atoms with Crippen molar-refractivity contribution in [3.05, 3.63) is 0 Å². The van der Waals surface area contributed by atoms with Crippen molar-refractivity contribution in [2.24, 2.45) is 0 Å². The lowest BCUT2D eigenvalue weighted by atomic mass is 10.3. The molecule has 3 nitrogen and oxygen atoms in total. The summed E-state index contributed by atoms with van der Waals surface area (Å²) in [5.41, 5.74) is 0. The van der Waals surface area contributed by atoms with Gasteiger partial charge in [0.05, 0.1) is 6.10 Å². The molecule has 0 radical (unpaired) electrons. The van der Waals surface area contributed by atoms with E-state index in [9.17, 15) is 4.79 Å². The van der Waals surface area contributed by atoms with Crippen LogP contribution in [0.4, 0.5) is 0 Å². The van der Waals surface area contributed by atoms with Crippen molar-refractivity contribution in [3.8, 4) is 0 Å². The maximum atomic E-state index is 9.86. The minimum Gasteiger partial charge on any atom is -0.359 e. The van der Waals surface area contributed by atoms with Gasteiger partial charge in [0.15, 0.2) is 0 Å². The molecule has 0 N–H and O–H groups in total. The van der Waals surface area contributed by atoms with Crippen molar-refractivity contribution in [2.45, 2.75) is 19.4 Å². The van der Waals surface area contributed by atoms with Crippen molar-refractivity contribution in [3.63, 3.8) is 0 Å².